The molecule has 1 aromatic rings. The number of nitriles is 1. The summed E-state index contributed by atoms with van der Waals surface area (Å²) in [5, 5.41) is 8.98. The molecule has 0 aliphatic carbocycles. The average molecular weight is 202 g/mol. The van der Waals surface area contributed by atoms with Crippen LogP contribution in [0.4, 0.5) is 5.69 Å². The quantitative estimate of drug-likeness (QED) is 0.734. The van der Waals surface area contributed by atoms with Crippen molar-refractivity contribution in [2.75, 3.05) is 18.0 Å². The molecule has 1 saturated heterocycles. The van der Waals surface area contributed by atoms with E-state index in [2.05, 4.69) is 16.0 Å². The molecule has 4 nitrogen and oxygen atoms in total. The Morgan fingerprint density at radius 3 is 3.20 bits per heavy atom. The van der Waals surface area contributed by atoms with Gasteiger partial charge >= 0.3 is 0 Å². The van der Waals surface area contributed by atoms with Crippen LogP contribution in [0.2, 0.25) is 0 Å². The van der Waals surface area contributed by atoms with Gasteiger partial charge in [-0.1, -0.05) is 0 Å². The van der Waals surface area contributed by atoms with E-state index in [0.29, 0.717) is 5.56 Å². The molecule has 1 aliphatic rings. The largest absolute Gasteiger partial charge is 0.368 e. The lowest BCUT2D eigenvalue weighted by Gasteiger charge is -2.32. The SMILES string of the molecule is N#Cc1ccncc1N1CCC[C@@H](N)C1. The molecule has 0 saturated carbocycles. The number of rotatable bonds is 1. The highest BCUT2D eigenvalue weighted by atomic mass is 15.2. The first-order chi connectivity index (χ1) is 7.31. The summed E-state index contributed by atoms with van der Waals surface area (Å²) >= 11 is 0. The number of pyridine rings is 1. The maximum atomic E-state index is 8.98. The van der Waals surface area contributed by atoms with E-state index in [-0.39, 0.29) is 6.04 Å². The first kappa shape index (κ1) is 9.94. The molecule has 1 aromatic heterocycles. The van der Waals surface area contributed by atoms with Crippen LogP contribution < -0.4 is 10.6 Å². The van der Waals surface area contributed by atoms with Gasteiger partial charge in [0.05, 0.1) is 17.4 Å². The average Bonchev–Trinajstić information content (AvgIpc) is 2.29. The molecule has 2 heterocycles. The van der Waals surface area contributed by atoms with Crippen LogP contribution in [-0.2, 0) is 0 Å². The van der Waals surface area contributed by atoms with Crippen molar-refractivity contribution in [3.05, 3.63) is 24.0 Å². The highest BCUT2D eigenvalue weighted by Crippen LogP contribution is 2.21. The van der Waals surface area contributed by atoms with Crippen molar-refractivity contribution in [2.45, 2.75) is 18.9 Å². The molecule has 15 heavy (non-hydrogen) atoms. The van der Waals surface area contributed by atoms with E-state index >= 15 is 0 Å². The Hall–Kier alpha value is -1.60. The third-order valence-electron chi connectivity index (χ3n) is 2.72. The van der Waals surface area contributed by atoms with Crippen molar-refractivity contribution in [1.29, 1.82) is 5.26 Å². The van der Waals surface area contributed by atoms with Gasteiger partial charge in [-0.2, -0.15) is 5.26 Å². The number of hydrogen-bond acceptors (Lipinski definition) is 4. The fourth-order valence-corrected chi connectivity index (χ4v) is 1.96. The van der Waals surface area contributed by atoms with Gasteiger partial charge in [0, 0.05) is 25.3 Å². The van der Waals surface area contributed by atoms with E-state index in [9.17, 15) is 0 Å². The number of anilines is 1. The van der Waals surface area contributed by atoms with Gasteiger partial charge in [-0.3, -0.25) is 4.98 Å². The van der Waals surface area contributed by atoms with Crippen molar-refractivity contribution in [3.8, 4) is 6.07 Å². The molecule has 1 aliphatic heterocycles. The number of nitrogens with zero attached hydrogens (tertiary/aromatic N) is 3. The summed E-state index contributed by atoms with van der Waals surface area (Å²) in [6.45, 7) is 1.79. The van der Waals surface area contributed by atoms with Gasteiger partial charge in [0.2, 0.25) is 0 Å². The standard InChI is InChI=1S/C11H14N4/c12-6-9-3-4-14-7-11(9)15-5-1-2-10(13)8-15/h3-4,7,10H,1-2,5,8,13H2/t10-/m1/s1. The summed E-state index contributed by atoms with van der Waals surface area (Å²) < 4.78 is 0. The number of nitrogens with two attached hydrogens (primary N) is 1. The molecule has 0 amide bonds. The number of piperidine rings is 1. The van der Waals surface area contributed by atoms with Crippen LogP contribution in [0.25, 0.3) is 0 Å². The first-order valence-corrected chi connectivity index (χ1v) is 5.16. The summed E-state index contributed by atoms with van der Waals surface area (Å²) in [5.41, 5.74) is 7.50. The molecule has 2 rings (SSSR count). The monoisotopic (exact) mass is 202 g/mol. The van der Waals surface area contributed by atoms with Gasteiger partial charge in [-0.25, -0.2) is 0 Å². The minimum absolute atomic E-state index is 0.213. The Morgan fingerprint density at radius 2 is 2.47 bits per heavy atom. The first-order valence-electron chi connectivity index (χ1n) is 5.16. The third kappa shape index (κ3) is 2.08. The van der Waals surface area contributed by atoms with Gasteiger partial charge in [0.25, 0.3) is 0 Å². The van der Waals surface area contributed by atoms with Crippen molar-refractivity contribution in [1.82, 2.24) is 4.98 Å². The molecule has 1 fully saturated rings. The van der Waals surface area contributed by atoms with E-state index in [1.165, 1.54) is 0 Å². The van der Waals surface area contributed by atoms with Crippen molar-refractivity contribution < 1.29 is 0 Å². The minimum atomic E-state index is 0.213. The lowest BCUT2D eigenvalue weighted by molar-refractivity contribution is 0.505. The molecule has 0 bridgehead atoms. The molecular weight excluding hydrogens is 188 g/mol. The van der Waals surface area contributed by atoms with Crippen LogP contribution in [0.3, 0.4) is 0 Å². The summed E-state index contributed by atoms with van der Waals surface area (Å²) in [6, 6.07) is 4.14. The van der Waals surface area contributed by atoms with Gasteiger partial charge < -0.3 is 10.6 Å². The molecule has 2 N–H and O–H groups in total. The summed E-state index contributed by atoms with van der Waals surface area (Å²) in [7, 11) is 0. The minimum Gasteiger partial charge on any atom is -0.368 e. The Kier molecular flexibility index (Phi) is 2.84. The Morgan fingerprint density at radius 1 is 1.60 bits per heavy atom. The summed E-state index contributed by atoms with van der Waals surface area (Å²) in [5.74, 6) is 0. The second kappa shape index (κ2) is 4.28. The Balaban J connectivity index is 2.25. The zero-order valence-corrected chi connectivity index (χ0v) is 8.56. The maximum absolute atomic E-state index is 8.98. The second-order valence-electron chi connectivity index (χ2n) is 3.85. The lowest BCUT2D eigenvalue weighted by atomic mass is 10.1. The van der Waals surface area contributed by atoms with Crippen molar-refractivity contribution >= 4 is 5.69 Å². The normalized spacial score (nSPS) is 21.1. The molecule has 78 valence electrons. The summed E-state index contributed by atoms with van der Waals surface area (Å²) in [6.07, 6.45) is 5.54. The van der Waals surface area contributed by atoms with Crippen LogP contribution in [0.5, 0.6) is 0 Å². The predicted octanol–water partition coefficient (Wildman–Crippen LogP) is 0.881. The van der Waals surface area contributed by atoms with E-state index < -0.39 is 0 Å². The van der Waals surface area contributed by atoms with Crippen LogP contribution in [-0.4, -0.2) is 24.1 Å². The topological polar surface area (TPSA) is 65.9 Å². The van der Waals surface area contributed by atoms with Gasteiger partial charge in [0.15, 0.2) is 0 Å². The van der Waals surface area contributed by atoms with Gasteiger partial charge in [-0.05, 0) is 18.9 Å². The zero-order chi connectivity index (χ0) is 10.7. The van der Waals surface area contributed by atoms with Crippen LogP contribution in [0.1, 0.15) is 18.4 Å². The highest BCUT2D eigenvalue weighted by Gasteiger charge is 2.18. The number of aromatic nitrogens is 1. The van der Waals surface area contributed by atoms with Crippen LogP contribution in [0.15, 0.2) is 18.5 Å². The predicted molar refractivity (Wildman–Crippen MR) is 58.4 cm³/mol. The van der Waals surface area contributed by atoms with E-state index in [4.69, 9.17) is 11.0 Å². The van der Waals surface area contributed by atoms with Crippen LogP contribution >= 0.6 is 0 Å². The molecule has 1 atom stereocenters. The van der Waals surface area contributed by atoms with Gasteiger partial charge in [-0.15, -0.1) is 0 Å². The lowest BCUT2D eigenvalue weighted by Crippen LogP contribution is -2.43. The van der Waals surface area contributed by atoms with Crippen LogP contribution in [0, 0.1) is 11.3 Å². The fourth-order valence-electron chi connectivity index (χ4n) is 1.96. The summed E-state index contributed by atoms with van der Waals surface area (Å²) in [4.78, 5) is 6.21. The molecule has 0 aromatic carbocycles. The van der Waals surface area contributed by atoms with Crippen molar-refractivity contribution in [3.63, 3.8) is 0 Å². The van der Waals surface area contributed by atoms with E-state index in [1.807, 2.05) is 0 Å². The smallest absolute Gasteiger partial charge is 0.101 e. The number of hydrogen-bond donors (Lipinski definition) is 1. The molecule has 0 radical (unpaired) electrons. The third-order valence-corrected chi connectivity index (χ3v) is 2.72. The highest BCUT2D eigenvalue weighted by molar-refractivity contribution is 5.57. The van der Waals surface area contributed by atoms with E-state index in [0.717, 1.165) is 31.6 Å². The molecule has 0 spiro atoms. The van der Waals surface area contributed by atoms with Gasteiger partial charge in [0.1, 0.15) is 6.07 Å². The van der Waals surface area contributed by atoms with E-state index in [1.54, 1.807) is 18.5 Å². The van der Waals surface area contributed by atoms with Crippen molar-refractivity contribution in [2.24, 2.45) is 5.73 Å². The zero-order valence-electron chi connectivity index (χ0n) is 8.56. The fraction of sp³-hybridized carbons (Fsp3) is 0.455. The molecular formula is C11H14N4. The molecule has 0 unspecified atom stereocenters. The second-order valence-corrected chi connectivity index (χ2v) is 3.85. The Labute approximate surface area is 89.3 Å². The molecule has 4 heteroatoms. The Bertz CT molecular complexity index is 382. The maximum Gasteiger partial charge on any atom is 0.101 e.